The van der Waals surface area contributed by atoms with E-state index >= 15 is 0 Å². The molecule has 1 aliphatic rings. The van der Waals surface area contributed by atoms with E-state index in [0.29, 0.717) is 18.3 Å². The third-order valence-electron chi connectivity index (χ3n) is 1.74. The van der Waals surface area contributed by atoms with Gasteiger partial charge in [-0.2, -0.15) is 0 Å². The summed E-state index contributed by atoms with van der Waals surface area (Å²) in [6.45, 7) is 0. The van der Waals surface area contributed by atoms with E-state index in [0.717, 1.165) is 6.29 Å². The zero-order valence-electron chi connectivity index (χ0n) is 6.29. The number of rotatable bonds is 3. The van der Waals surface area contributed by atoms with Gasteiger partial charge in [0.05, 0.1) is 0 Å². The molecular formula is C8H8ClNO2. The summed E-state index contributed by atoms with van der Waals surface area (Å²) in [4.78, 5) is 23.4. The Bertz CT molecular complexity index is 260. The van der Waals surface area contributed by atoms with Crippen LogP contribution in [-0.2, 0) is 9.59 Å². The number of hydrogen-bond donors (Lipinski definition) is 1. The first-order valence-corrected chi connectivity index (χ1v) is 3.82. The average molecular weight is 186 g/mol. The van der Waals surface area contributed by atoms with Gasteiger partial charge in [-0.05, 0) is 17.3 Å². The van der Waals surface area contributed by atoms with Crippen molar-refractivity contribution in [3.05, 3.63) is 23.8 Å². The lowest BCUT2D eigenvalue weighted by atomic mass is 9.89. The van der Waals surface area contributed by atoms with E-state index in [9.17, 15) is 9.59 Å². The summed E-state index contributed by atoms with van der Waals surface area (Å²) in [5, 5.41) is 0. The Balaban J connectivity index is 2.87. The minimum absolute atomic E-state index is 0.306. The topological polar surface area (TPSA) is 46.2 Å². The highest BCUT2D eigenvalue weighted by molar-refractivity contribution is 6.15. The maximum absolute atomic E-state index is 10.6. The molecule has 0 amide bonds. The molecule has 64 valence electrons. The van der Waals surface area contributed by atoms with Crippen LogP contribution in [0.1, 0.15) is 6.42 Å². The van der Waals surface area contributed by atoms with Gasteiger partial charge in [0.1, 0.15) is 18.1 Å². The first kappa shape index (κ1) is 9.16. The quantitative estimate of drug-likeness (QED) is 0.522. The minimum Gasteiger partial charge on any atom is -0.301 e. The minimum atomic E-state index is -0.910. The zero-order chi connectivity index (χ0) is 9.03. The molecule has 1 N–H and O–H groups in total. The Morgan fingerprint density at radius 3 is 2.83 bits per heavy atom. The molecule has 0 bridgehead atoms. The summed E-state index contributed by atoms with van der Waals surface area (Å²) < 4.78 is 0. The molecule has 0 fully saturated rings. The smallest absolute Gasteiger partial charge is 0.146 e. The molecule has 3 nitrogen and oxygen atoms in total. The van der Waals surface area contributed by atoms with E-state index in [2.05, 4.69) is 4.84 Å². The molecule has 12 heavy (non-hydrogen) atoms. The molecule has 1 atom stereocenters. The molecule has 1 unspecified atom stereocenters. The third kappa shape index (κ3) is 1.62. The lowest BCUT2D eigenvalue weighted by Gasteiger charge is -2.24. The van der Waals surface area contributed by atoms with Crippen molar-refractivity contribution in [1.82, 2.24) is 4.84 Å². The Morgan fingerprint density at radius 1 is 1.58 bits per heavy atom. The van der Waals surface area contributed by atoms with Crippen LogP contribution in [0.3, 0.4) is 0 Å². The lowest BCUT2D eigenvalue weighted by Crippen LogP contribution is -2.41. The number of carbonyl (C=O) groups is 2. The van der Waals surface area contributed by atoms with E-state index in [4.69, 9.17) is 11.8 Å². The van der Waals surface area contributed by atoms with Gasteiger partial charge in [-0.15, -0.1) is 0 Å². The summed E-state index contributed by atoms with van der Waals surface area (Å²) in [5.74, 6) is 0. The average Bonchev–Trinajstić information content (AvgIpc) is 2.18. The summed E-state index contributed by atoms with van der Waals surface area (Å²) >= 11 is 5.38. The van der Waals surface area contributed by atoms with Crippen molar-refractivity contribution in [2.75, 3.05) is 0 Å². The zero-order valence-corrected chi connectivity index (χ0v) is 7.04. The maximum Gasteiger partial charge on any atom is 0.146 e. The van der Waals surface area contributed by atoms with Crippen molar-refractivity contribution in [1.29, 1.82) is 0 Å². The molecule has 0 aromatic carbocycles. The fourth-order valence-corrected chi connectivity index (χ4v) is 1.22. The van der Waals surface area contributed by atoms with Crippen molar-refractivity contribution in [2.24, 2.45) is 0 Å². The third-order valence-corrected chi connectivity index (χ3v) is 2.09. The Labute approximate surface area is 75.2 Å². The van der Waals surface area contributed by atoms with Crippen LogP contribution >= 0.6 is 11.8 Å². The van der Waals surface area contributed by atoms with E-state index in [1.54, 1.807) is 18.2 Å². The summed E-state index contributed by atoms with van der Waals surface area (Å²) in [7, 11) is 0. The summed E-state index contributed by atoms with van der Waals surface area (Å²) in [6.07, 6.45) is 6.63. The van der Waals surface area contributed by atoms with Crippen LogP contribution in [0.25, 0.3) is 0 Å². The Morgan fingerprint density at radius 2 is 2.33 bits per heavy atom. The van der Waals surface area contributed by atoms with E-state index < -0.39 is 5.54 Å². The van der Waals surface area contributed by atoms with E-state index in [1.165, 1.54) is 0 Å². The molecule has 0 spiro atoms. The van der Waals surface area contributed by atoms with Gasteiger partial charge >= 0.3 is 0 Å². The van der Waals surface area contributed by atoms with Crippen molar-refractivity contribution in [2.45, 2.75) is 12.0 Å². The predicted molar refractivity (Wildman–Crippen MR) is 45.7 cm³/mol. The molecule has 0 saturated carbocycles. The van der Waals surface area contributed by atoms with E-state index in [1.807, 2.05) is 0 Å². The molecule has 0 aromatic rings. The summed E-state index contributed by atoms with van der Waals surface area (Å²) in [5.41, 5.74) is -0.357. The van der Waals surface area contributed by atoms with Gasteiger partial charge < -0.3 is 4.79 Å². The van der Waals surface area contributed by atoms with Crippen LogP contribution in [0, 0.1) is 0 Å². The number of allylic oxidation sites excluding steroid dienone is 2. The van der Waals surface area contributed by atoms with Gasteiger partial charge in [-0.1, -0.05) is 18.2 Å². The van der Waals surface area contributed by atoms with Crippen LogP contribution < -0.4 is 4.84 Å². The highest BCUT2D eigenvalue weighted by Gasteiger charge is 2.28. The normalized spacial score (nSPS) is 27.9. The van der Waals surface area contributed by atoms with Gasteiger partial charge in [-0.3, -0.25) is 4.79 Å². The second-order valence-corrected chi connectivity index (χ2v) is 2.84. The first-order chi connectivity index (χ1) is 5.76. The van der Waals surface area contributed by atoms with Gasteiger partial charge in [0.2, 0.25) is 0 Å². The molecule has 0 radical (unpaired) electrons. The van der Waals surface area contributed by atoms with Crippen LogP contribution in [0.2, 0.25) is 0 Å². The maximum atomic E-state index is 10.6. The van der Waals surface area contributed by atoms with Crippen LogP contribution in [0.5, 0.6) is 0 Å². The molecule has 0 heterocycles. The Kier molecular flexibility index (Phi) is 2.78. The highest BCUT2D eigenvalue weighted by Crippen LogP contribution is 2.20. The lowest BCUT2D eigenvalue weighted by molar-refractivity contribution is -0.111. The fraction of sp³-hybridized carbons (Fsp3) is 0.250. The van der Waals surface area contributed by atoms with Crippen molar-refractivity contribution in [3.8, 4) is 0 Å². The van der Waals surface area contributed by atoms with Crippen LogP contribution in [0.15, 0.2) is 23.8 Å². The van der Waals surface area contributed by atoms with Crippen LogP contribution in [0.4, 0.5) is 0 Å². The molecule has 0 aliphatic heterocycles. The highest BCUT2D eigenvalue weighted by atomic mass is 35.5. The number of hydrogen-bond acceptors (Lipinski definition) is 3. The fourth-order valence-electron chi connectivity index (χ4n) is 1.05. The van der Waals surface area contributed by atoms with Crippen molar-refractivity contribution >= 4 is 24.3 Å². The van der Waals surface area contributed by atoms with Gasteiger partial charge in [0.15, 0.2) is 0 Å². The second-order valence-electron chi connectivity index (χ2n) is 2.65. The second kappa shape index (κ2) is 3.65. The monoisotopic (exact) mass is 185 g/mol. The van der Waals surface area contributed by atoms with E-state index in [-0.39, 0.29) is 0 Å². The molecule has 4 heteroatoms. The largest absolute Gasteiger partial charge is 0.301 e. The first-order valence-electron chi connectivity index (χ1n) is 3.44. The number of halogens is 1. The summed E-state index contributed by atoms with van der Waals surface area (Å²) in [6, 6.07) is 0. The number of carbonyl (C=O) groups excluding carboxylic acids is 2. The molecule has 0 saturated heterocycles. The SMILES string of the molecule is O=CC1=CC=CC(C=O)(NCl)C1. The number of nitrogens with one attached hydrogen (secondary N) is 1. The molecular weight excluding hydrogens is 178 g/mol. The molecule has 1 rings (SSSR count). The van der Waals surface area contributed by atoms with Crippen molar-refractivity contribution in [3.63, 3.8) is 0 Å². The molecule has 1 aliphatic carbocycles. The van der Waals surface area contributed by atoms with Crippen molar-refractivity contribution < 1.29 is 9.59 Å². The standard InChI is InChI=1S/C8H8ClNO2/c9-10-8(6-12)3-1-2-7(4-8)5-11/h1-3,5-6,10H,4H2. The predicted octanol–water partition coefficient (Wildman–Crippen LogP) is 0.753. The van der Waals surface area contributed by atoms with Gasteiger partial charge in [-0.25, -0.2) is 4.84 Å². The molecule has 0 aromatic heterocycles. The number of aldehydes is 2. The Hall–Kier alpha value is -0.930. The van der Waals surface area contributed by atoms with Gasteiger partial charge in [0, 0.05) is 6.42 Å². The van der Waals surface area contributed by atoms with Crippen LogP contribution in [-0.4, -0.2) is 18.1 Å². The van der Waals surface area contributed by atoms with Gasteiger partial charge in [0.25, 0.3) is 0 Å².